The number of carbonyl (C=O) groups excluding carboxylic acids is 2. The molecule has 1 fully saturated rings. The SMILES string of the molecule is CCCN1c2cc(F)c(/C=C3/NC(=O)N(Cc4ccc(C)cc4)C3=O)cc2C(C)CC1(C)C. The van der Waals surface area contributed by atoms with Gasteiger partial charge in [0.05, 0.1) is 6.54 Å². The van der Waals surface area contributed by atoms with E-state index < -0.39 is 17.8 Å². The number of urea groups is 1. The van der Waals surface area contributed by atoms with Gasteiger partial charge in [-0.15, -0.1) is 0 Å². The maximum absolute atomic E-state index is 15.2. The molecule has 0 aliphatic carbocycles. The fourth-order valence-corrected chi connectivity index (χ4v) is 5.03. The molecular formula is C27H32FN3O2. The second-order valence-corrected chi connectivity index (χ2v) is 9.87. The van der Waals surface area contributed by atoms with Gasteiger partial charge in [0.2, 0.25) is 0 Å². The molecule has 6 heteroatoms. The molecule has 174 valence electrons. The van der Waals surface area contributed by atoms with Crippen molar-refractivity contribution in [1.82, 2.24) is 10.2 Å². The summed E-state index contributed by atoms with van der Waals surface area (Å²) in [5.74, 6) is -0.585. The molecule has 0 saturated carbocycles. The number of nitrogens with zero attached hydrogens (tertiary/aromatic N) is 2. The predicted molar refractivity (Wildman–Crippen MR) is 129 cm³/mol. The Kier molecular flexibility index (Phi) is 6.04. The molecule has 3 amide bonds. The van der Waals surface area contributed by atoms with Crippen LogP contribution in [0.15, 0.2) is 42.1 Å². The molecular weight excluding hydrogens is 417 g/mol. The zero-order chi connectivity index (χ0) is 23.9. The van der Waals surface area contributed by atoms with E-state index in [1.54, 1.807) is 6.07 Å². The van der Waals surface area contributed by atoms with Crippen LogP contribution in [0, 0.1) is 12.7 Å². The zero-order valence-electron chi connectivity index (χ0n) is 20.0. The first-order valence-corrected chi connectivity index (χ1v) is 11.6. The van der Waals surface area contributed by atoms with E-state index in [0.29, 0.717) is 5.56 Å². The Labute approximate surface area is 195 Å². The number of nitrogens with one attached hydrogen (secondary N) is 1. The van der Waals surface area contributed by atoms with Crippen LogP contribution in [-0.2, 0) is 11.3 Å². The van der Waals surface area contributed by atoms with Gasteiger partial charge in [0, 0.05) is 23.3 Å². The third-order valence-electron chi connectivity index (χ3n) is 6.67. The largest absolute Gasteiger partial charge is 0.366 e. The van der Waals surface area contributed by atoms with Crippen molar-refractivity contribution in [2.75, 3.05) is 11.4 Å². The van der Waals surface area contributed by atoms with Crippen LogP contribution in [-0.4, -0.2) is 28.9 Å². The number of carbonyl (C=O) groups is 2. The van der Waals surface area contributed by atoms with Gasteiger partial charge in [-0.1, -0.05) is 43.7 Å². The second kappa shape index (κ2) is 8.65. The van der Waals surface area contributed by atoms with E-state index in [9.17, 15) is 9.59 Å². The molecule has 0 aromatic heterocycles. The summed E-state index contributed by atoms with van der Waals surface area (Å²) in [6, 6.07) is 10.6. The summed E-state index contributed by atoms with van der Waals surface area (Å²) in [4.78, 5) is 28.8. The standard InChI is InChI=1S/C27H32FN3O2/c1-6-11-31-24-14-22(28)20(12-21(24)18(3)15-27(31,4)5)13-23-25(32)30(26(33)29-23)16-19-9-7-17(2)8-10-19/h7-10,12-14,18H,6,11,15-16H2,1-5H3,(H,29,33)/b23-13+. The summed E-state index contributed by atoms with van der Waals surface area (Å²) < 4.78 is 15.2. The Balaban J connectivity index is 1.64. The lowest BCUT2D eigenvalue weighted by atomic mass is 9.79. The van der Waals surface area contributed by atoms with E-state index in [1.807, 2.05) is 37.3 Å². The molecule has 2 aromatic rings. The molecule has 2 aliphatic heterocycles. The van der Waals surface area contributed by atoms with Gasteiger partial charge in [-0.3, -0.25) is 9.69 Å². The lowest BCUT2D eigenvalue weighted by Gasteiger charge is -2.47. The van der Waals surface area contributed by atoms with Gasteiger partial charge in [-0.25, -0.2) is 9.18 Å². The lowest BCUT2D eigenvalue weighted by Crippen LogP contribution is -2.48. The number of hydrogen-bond donors (Lipinski definition) is 1. The van der Waals surface area contributed by atoms with Crippen molar-refractivity contribution in [2.24, 2.45) is 0 Å². The molecule has 0 radical (unpaired) electrons. The normalized spacial score (nSPS) is 20.9. The van der Waals surface area contributed by atoms with Crippen molar-refractivity contribution in [3.8, 4) is 0 Å². The fourth-order valence-electron chi connectivity index (χ4n) is 5.03. The molecule has 33 heavy (non-hydrogen) atoms. The van der Waals surface area contributed by atoms with E-state index in [1.165, 1.54) is 6.08 Å². The second-order valence-electron chi connectivity index (χ2n) is 9.87. The molecule has 1 atom stereocenters. The van der Waals surface area contributed by atoms with Crippen LogP contribution < -0.4 is 10.2 Å². The third kappa shape index (κ3) is 4.39. The molecule has 2 heterocycles. The van der Waals surface area contributed by atoms with Gasteiger partial charge in [-0.2, -0.15) is 0 Å². The van der Waals surface area contributed by atoms with Gasteiger partial charge in [0.25, 0.3) is 5.91 Å². The average molecular weight is 450 g/mol. The number of anilines is 1. The molecule has 0 bridgehead atoms. The minimum atomic E-state index is -0.491. The van der Waals surface area contributed by atoms with E-state index >= 15 is 4.39 Å². The molecule has 4 rings (SSSR count). The highest BCUT2D eigenvalue weighted by Crippen LogP contribution is 2.44. The van der Waals surface area contributed by atoms with Crippen LogP contribution >= 0.6 is 0 Å². The van der Waals surface area contributed by atoms with E-state index in [0.717, 1.165) is 46.7 Å². The van der Waals surface area contributed by atoms with Crippen LogP contribution in [0.1, 0.15) is 68.7 Å². The van der Waals surface area contributed by atoms with E-state index in [2.05, 4.69) is 37.9 Å². The van der Waals surface area contributed by atoms with Gasteiger partial charge in [-0.05, 0) is 68.9 Å². The van der Waals surface area contributed by atoms with Crippen LogP contribution in [0.5, 0.6) is 0 Å². The number of rotatable bonds is 5. The number of imide groups is 1. The maximum Gasteiger partial charge on any atom is 0.329 e. The van der Waals surface area contributed by atoms with E-state index in [-0.39, 0.29) is 23.7 Å². The number of halogens is 1. The smallest absolute Gasteiger partial charge is 0.329 e. The van der Waals surface area contributed by atoms with E-state index in [4.69, 9.17) is 0 Å². The van der Waals surface area contributed by atoms with Crippen LogP contribution in [0.25, 0.3) is 6.08 Å². The molecule has 5 nitrogen and oxygen atoms in total. The van der Waals surface area contributed by atoms with Gasteiger partial charge in [0.15, 0.2) is 0 Å². The Hall–Kier alpha value is -3.15. The van der Waals surface area contributed by atoms with Gasteiger partial charge >= 0.3 is 6.03 Å². The molecule has 2 aliphatic rings. The fraction of sp³-hybridized carbons (Fsp3) is 0.407. The zero-order valence-corrected chi connectivity index (χ0v) is 20.0. The first kappa shape index (κ1) is 23.0. The average Bonchev–Trinajstić information content (AvgIpc) is 3.00. The lowest BCUT2D eigenvalue weighted by molar-refractivity contribution is -0.123. The maximum atomic E-state index is 15.2. The predicted octanol–water partition coefficient (Wildman–Crippen LogP) is 5.73. The van der Waals surface area contributed by atoms with Crippen LogP contribution in [0.2, 0.25) is 0 Å². The monoisotopic (exact) mass is 449 g/mol. The first-order valence-electron chi connectivity index (χ1n) is 11.6. The Morgan fingerprint density at radius 2 is 1.88 bits per heavy atom. The third-order valence-corrected chi connectivity index (χ3v) is 6.67. The molecule has 1 unspecified atom stereocenters. The highest BCUT2D eigenvalue weighted by molar-refractivity contribution is 6.13. The highest BCUT2D eigenvalue weighted by atomic mass is 19.1. The number of fused-ring (bicyclic) bond motifs is 1. The Morgan fingerprint density at radius 3 is 2.55 bits per heavy atom. The Bertz CT molecular complexity index is 1120. The number of amides is 3. The summed E-state index contributed by atoms with van der Waals surface area (Å²) >= 11 is 0. The van der Waals surface area contributed by atoms with Crippen molar-refractivity contribution in [1.29, 1.82) is 0 Å². The van der Waals surface area contributed by atoms with Crippen molar-refractivity contribution >= 4 is 23.7 Å². The molecule has 0 spiro atoms. The summed E-state index contributed by atoms with van der Waals surface area (Å²) in [7, 11) is 0. The Morgan fingerprint density at radius 1 is 1.18 bits per heavy atom. The van der Waals surface area contributed by atoms with Gasteiger partial charge < -0.3 is 10.2 Å². The summed E-state index contributed by atoms with van der Waals surface area (Å²) in [5, 5.41) is 2.62. The first-order chi connectivity index (χ1) is 15.6. The van der Waals surface area contributed by atoms with Crippen molar-refractivity contribution in [3.05, 3.63) is 70.2 Å². The highest BCUT2D eigenvalue weighted by Gasteiger charge is 2.37. The van der Waals surface area contributed by atoms with Crippen molar-refractivity contribution < 1.29 is 14.0 Å². The quantitative estimate of drug-likeness (QED) is 0.469. The molecule has 2 aromatic carbocycles. The van der Waals surface area contributed by atoms with Crippen molar-refractivity contribution in [3.63, 3.8) is 0 Å². The number of aryl methyl sites for hydroxylation is 1. The number of hydrogen-bond acceptors (Lipinski definition) is 3. The minimum Gasteiger partial charge on any atom is -0.366 e. The molecule has 1 N–H and O–H groups in total. The number of benzene rings is 2. The van der Waals surface area contributed by atoms with Crippen molar-refractivity contribution in [2.45, 2.75) is 65.5 Å². The van der Waals surface area contributed by atoms with Crippen LogP contribution in [0.4, 0.5) is 14.9 Å². The summed E-state index contributed by atoms with van der Waals surface area (Å²) in [5.41, 5.74) is 4.32. The van der Waals surface area contributed by atoms with Gasteiger partial charge in [0.1, 0.15) is 11.5 Å². The summed E-state index contributed by atoms with van der Waals surface area (Å²) in [6.07, 6.45) is 3.39. The van der Waals surface area contributed by atoms with Crippen LogP contribution in [0.3, 0.4) is 0 Å². The minimum absolute atomic E-state index is 0.0548. The topological polar surface area (TPSA) is 52.7 Å². The molecule has 1 saturated heterocycles. The summed E-state index contributed by atoms with van der Waals surface area (Å²) in [6.45, 7) is 11.7.